The Morgan fingerprint density at radius 3 is 2.36 bits per heavy atom. The number of aromatic carboxylic acids is 1. The van der Waals surface area contributed by atoms with Gasteiger partial charge >= 0.3 is 5.97 Å². The van der Waals surface area contributed by atoms with Gasteiger partial charge in [0.1, 0.15) is 5.76 Å². The molecule has 8 nitrogen and oxygen atoms in total. The molecule has 0 aliphatic heterocycles. The Hall–Kier alpha value is -3.39. The van der Waals surface area contributed by atoms with Crippen LogP contribution in [0, 0.1) is 56.7 Å². The van der Waals surface area contributed by atoms with E-state index in [1.54, 1.807) is 12.1 Å². The Morgan fingerprint density at radius 2 is 1.64 bits per heavy atom. The number of rotatable bonds is 9. The van der Waals surface area contributed by atoms with Gasteiger partial charge in [-0.05, 0) is 159 Å². The van der Waals surface area contributed by atoms with Crippen LogP contribution in [0.1, 0.15) is 138 Å². The molecule has 7 rings (SSSR count). The number of carbonyl (C=O) groups excluding carboxylic acids is 2. The van der Waals surface area contributed by atoms with Gasteiger partial charge in [-0.2, -0.15) is 0 Å². The number of carboxylic acids is 1. The molecule has 53 heavy (non-hydrogen) atoms. The molecule has 1 aromatic heterocycles. The van der Waals surface area contributed by atoms with E-state index in [2.05, 4.69) is 58.8 Å². The highest BCUT2D eigenvalue weighted by Crippen LogP contribution is 2.77. The maximum Gasteiger partial charge on any atom is 0.371 e. The number of amides is 2. The smallest absolute Gasteiger partial charge is 0.371 e. The minimum Gasteiger partial charge on any atom is -0.475 e. The molecule has 2 aromatic rings. The molecule has 288 valence electrons. The zero-order valence-electron chi connectivity index (χ0n) is 32.9. The lowest BCUT2D eigenvalue weighted by atomic mass is 9.32. The highest BCUT2D eigenvalue weighted by Gasteiger charge is 2.71. The van der Waals surface area contributed by atoms with Gasteiger partial charge in [-0.25, -0.2) is 4.79 Å². The van der Waals surface area contributed by atoms with Gasteiger partial charge in [-0.1, -0.05) is 58.9 Å². The Balaban J connectivity index is 1.05. The van der Waals surface area contributed by atoms with Gasteiger partial charge in [-0.3, -0.25) is 9.59 Å². The van der Waals surface area contributed by atoms with Gasteiger partial charge in [0.05, 0.1) is 18.1 Å². The minimum absolute atomic E-state index is 0.0635. The molecule has 8 heteroatoms. The van der Waals surface area contributed by atoms with E-state index in [1.165, 1.54) is 37.3 Å². The number of carbonyl (C=O) groups is 3. The Morgan fingerprint density at radius 1 is 0.868 bits per heavy atom. The number of furan rings is 1. The lowest BCUT2D eigenvalue weighted by Crippen LogP contribution is -2.67. The van der Waals surface area contributed by atoms with Crippen LogP contribution in [0.15, 0.2) is 53.0 Å². The molecule has 0 bridgehead atoms. The van der Waals surface area contributed by atoms with Crippen LogP contribution in [0.4, 0.5) is 0 Å². The average Bonchev–Trinajstić information content (AvgIpc) is 3.76. The molecule has 1 aromatic carbocycles. The molecule has 5 saturated carbocycles. The molecule has 2 amide bonds. The lowest BCUT2D eigenvalue weighted by Gasteiger charge is -2.72. The molecule has 1 heterocycles. The summed E-state index contributed by atoms with van der Waals surface area (Å²) >= 11 is 0. The first kappa shape index (κ1) is 37.9. The molecule has 0 radical (unpaired) electrons. The van der Waals surface area contributed by atoms with Crippen molar-refractivity contribution in [3.63, 3.8) is 0 Å². The highest BCUT2D eigenvalue weighted by atomic mass is 16.4. The Bertz CT molecular complexity index is 1780. The molecule has 4 N–H and O–H groups in total. The van der Waals surface area contributed by atoms with Crippen LogP contribution in [-0.2, 0) is 17.8 Å². The van der Waals surface area contributed by atoms with Crippen LogP contribution in [0.3, 0.4) is 0 Å². The Labute approximate surface area is 316 Å². The standard InChI is InChI=1S/C45H62N2O6/c1-27(2)31-15-21-45(40(52)46-24-18-28-9-8-10-29(25-28)38(49)47-26-30-11-13-33(53-30)39(50)51)23-22-43(6)32(37(31)45)12-14-35-42(5)19-17-36(48)41(3,4)34(42)16-20-44(35,43)7/h8-11,13,25,31-32,34-37,48H,1,12,14-24,26H2,2-7H3,(H,46,52)(H,47,49)(H,50,51)/t31-,32?,34?,35?,36-,37?,42-,43+,44+,45-/m0/s1. The van der Waals surface area contributed by atoms with Gasteiger partial charge in [0, 0.05) is 12.1 Å². The number of hydrogen-bond acceptors (Lipinski definition) is 5. The van der Waals surface area contributed by atoms with E-state index >= 15 is 0 Å². The van der Waals surface area contributed by atoms with Crippen LogP contribution in [0.5, 0.6) is 0 Å². The number of carboxylic acid groups (broad SMARTS) is 1. The van der Waals surface area contributed by atoms with Gasteiger partial charge < -0.3 is 25.3 Å². The zero-order valence-corrected chi connectivity index (χ0v) is 32.9. The third-order valence-electron chi connectivity index (χ3n) is 16.7. The first-order chi connectivity index (χ1) is 25.0. The van der Waals surface area contributed by atoms with Gasteiger partial charge in [0.25, 0.3) is 5.91 Å². The summed E-state index contributed by atoms with van der Waals surface area (Å²) in [6.07, 6.45) is 11.1. The van der Waals surface area contributed by atoms with Crippen molar-refractivity contribution in [2.75, 3.05) is 6.54 Å². The quantitative estimate of drug-likeness (QED) is 0.192. The highest BCUT2D eigenvalue weighted by molar-refractivity contribution is 5.94. The normalized spacial score (nSPS) is 38.4. The van der Waals surface area contributed by atoms with Crippen molar-refractivity contribution in [3.05, 3.63) is 71.2 Å². The van der Waals surface area contributed by atoms with E-state index in [0.29, 0.717) is 53.9 Å². The maximum absolute atomic E-state index is 14.6. The van der Waals surface area contributed by atoms with Crippen LogP contribution in [-0.4, -0.2) is 40.6 Å². The van der Waals surface area contributed by atoms with Crippen LogP contribution in [0.2, 0.25) is 0 Å². The summed E-state index contributed by atoms with van der Waals surface area (Å²) in [6, 6.07) is 10.4. The molecule has 10 atom stereocenters. The molecule has 4 unspecified atom stereocenters. The number of nitrogens with one attached hydrogen (secondary N) is 2. The van der Waals surface area contributed by atoms with Crippen molar-refractivity contribution in [1.82, 2.24) is 10.6 Å². The summed E-state index contributed by atoms with van der Waals surface area (Å²) in [7, 11) is 0. The largest absolute Gasteiger partial charge is 0.475 e. The predicted octanol–water partition coefficient (Wildman–Crippen LogP) is 8.59. The summed E-state index contributed by atoms with van der Waals surface area (Å²) in [5, 5.41) is 26.4. The number of aliphatic hydroxyl groups is 1. The summed E-state index contributed by atoms with van der Waals surface area (Å²) in [5.41, 5.74) is 2.81. The molecular weight excluding hydrogens is 665 g/mol. The first-order valence-electron chi connectivity index (χ1n) is 20.3. The van der Waals surface area contributed by atoms with Crippen LogP contribution in [0.25, 0.3) is 0 Å². The molecular formula is C45H62N2O6. The summed E-state index contributed by atoms with van der Waals surface area (Å²) in [5.74, 6) is 1.26. The summed E-state index contributed by atoms with van der Waals surface area (Å²) in [6.45, 7) is 19.7. The fourth-order valence-corrected chi connectivity index (χ4v) is 13.7. The number of hydrogen-bond donors (Lipinski definition) is 4. The maximum atomic E-state index is 14.6. The average molecular weight is 727 g/mol. The van der Waals surface area contributed by atoms with E-state index in [-0.39, 0.29) is 57.3 Å². The van der Waals surface area contributed by atoms with E-state index < -0.39 is 5.97 Å². The fourth-order valence-electron chi connectivity index (χ4n) is 13.7. The third-order valence-corrected chi connectivity index (χ3v) is 16.7. The zero-order chi connectivity index (χ0) is 38.1. The van der Waals surface area contributed by atoms with Gasteiger partial charge in [0.15, 0.2) is 0 Å². The summed E-state index contributed by atoms with van der Waals surface area (Å²) in [4.78, 5) is 38.6. The fraction of sp³-hybridized carbons (Fsp3) is 0.667. The summed E-state index contributed by atoms with van der Waals surface area (Å²) < 4.78 is 5.26. The third kappa shape index (κ3) is 5.92. The first-order valence-corrected chi connectivity index (χ1v) is 20.3. The van der Waals surface area contributed by atoms with Crippen molar-refractivity contribution in [3.8, 4) is 0 Å². The van der Waals surface area contributed by atoms with E-state index in [9.17, 15) is 19.5 Å². The lowest BCUT2D eigenvalue weighted by molar-refractivity contribution is -0.246. The van der Waals surface area contributed by atoms with Crippen molar-refractivity contribution in [1.29, 1.82) is 0 Å². The molecule has 5 aliphatic carbocycles. The van der Waals surface area contributed by atoms with E-state index in [4.69, 9.17) is 9.52 Å². The monoisotopic (exact) mass is 726 g/mol. The number of aliphatic hydroxyl groups excluding tert-OH is 1. The van der Waals surface area contributed by atoms with E-state index in [1.807, 2.05) is 18.2 Å². The predicted molar refractivity (Wildman–Crippen MR) is 205 cm³/mol. The molecule has 0 spiro atoms. The second kappa shape index (κ2) is 13.4. The number of fused-ring (bicyclic) bond motifs is 7. The van der Waals surface area contributed by atoms with Crippen molar-refractivity contribution >= 4 is 17.8 Å². The van der Waals surface area contributed by atoms with E-state index in [0.717, 1.165) is 44.1 Å². The van der Waals surface area contributed by atoms with Crippen LogP contribution < -0.4 is 10.6 Å². The number of allylic oxidation sites excluding steroid dienone is 1. The minimum atomic E-state index is -1.15. The topological polar surface area (TPSA) is 129 Å². The van der Waals surface area contributed by atoms with Crippen molar-refractivity contribution in [2.45, 2.75) is 125 Å². The number of benzene rings is 1. The van der Waals surface area contributed by atoms with Crippen molar-refractivity contribution in [2.24, 2.45) is 56.7 Å². The Kier molecular flexibility index (Phi) is 9.60. The molecule has 0 saturated heterocycles. The van der Waals surface area contributed by atoms with Gasteiger partial charge in [0.2, 0.25) is 11.7 Å². The van der Waals surface area contributed by atoms with Gasteiger partial charge in [-0.15, -0.1) is 0 Å². The molecule has 5 fully saturated rings. The second-order valence-corrected chi connectivity index (χ2v) is 19.2. The SMILES string of the molecule is C=C(C)[C@@H]1CC[C@]2(C(=O)NCCc3cccc(C(=O)NCc4ccc(C(=O)O)o4)c3)CC[C@]3(C)C(CCC4[C@@]5(C)CC[C@H](O)C(C)(C)C5CC[C@]43C)C12. The molecule has 5 aliphatic rings. The van der Waals surface area contributed by atoms with Crippen molar-refractivity contribution < 1.29 is 29.0 Å². The second-order valence-electron chi connectivity index (χ2n) is 19.2. The van der Waals surface area contributed by atoms with Crippen LogP contribution >= 0.6 is 0 Å².